The Labute approximate surface area is 185 Å². The molecule has 0 saturated heterocycles. The Hall–Kier alpha value is -2.36. The maximum atomic E-state index is 13.2. The van der Waals surface area contributed by atoms with Crippen LogP contribution in [0, 0.1) is 17.6 Å². The molecule has 0 heterocycles. The molecule has 1 saturated carbocycles. The fourth-order valence-corrected chi connectivity index (χ4v) is 4.47. The van der Waals surface area contributed by atoms with Crippen molar-refractivity contribution >= 4 is 12.4 Å². The smallest absolute Gasteiger partial charge is 0.159 e. The van der Waals surface area contributed by atoms with Gasteiger partial charge in [-0.25, -0.2) is 8.78 Å². The second kappa shape index (κ2) is 12.5. The van der Waals surface area contributed by atoms with Crippen LogP contribution < -0.4 is 0 Å². The minimum absolute atomic E-state index is 0.475. The van der Waals surface area contributed by atoms with Crippen molar-refractivity contribution in [1.29, 1.82) is 0 Å². The quantitative estimate of drug-likeness (QED) is 0.209. The molecule has 0 aromatic heterocycles. The van der Waals surface area contributed by atoms with E-state index in [4.69, 9.17) is 0 Å². The first-order valence-electron chi connectivity index (χ1n) is 11.8. The van der Waals surface area contributed by atoms with Gasteiger partial charge in [0.05, 0.1) is 12.4 Å². The zero-order valence-electron chi connectivity index (χ0n) is 18.6. The fraction of sp³-hybridized carbons (Fsp3) is 0.481. The number of halogens is 2. The summed E-state index contributed by atoms with van der Waals surface area (Å²) >= 11 is 0. The van der Waals surface area contributed by atoms with Crippen LogP contribution in [0.2, 0.25) is 0 Å². The molecule has 2 nitrogen and oxygen atoms in total. The molecule has 1 aliphatic carbocycles. The highest BCUT2D eigenvalue weighted by molar-refractivity contribution is 5.82. The second-order valence-electron chi connectivity index (χ2n) is 8.75. The van der Waals surface area contributed by atoms with Gasteiger partial charge in [0.15, 0.2) is 11.6 Å². The Morgan fingerprint density at radius 2 is 1.42 bits per heavy atom. The first kappa shape index (κ1) is 23.3. The summed E-state index contributed by atoms with van der Waals surface area (Å²) in [5.41, 5.74) is 2.87. The van der Waals surface area contributed by atoms with Gasteiger partial charge >= 0.3 is 0 Å². The maximum absolute atomic E-state index is 13.2. The van der Waals surface area contributed by atoms with Gasteiger partial charge in [-0.2, -0.15) is 10.2 Å². The molecule has 0 radical (unpaired) electrons. The van der Waals surface area contributed by atoms with E-state index in [0.717, 1.165) is 23.6 Å². The minimum Gasteiger partial charge on any atom is -0.204 e. The van der Waals surface area contributed by atoms with Gasteiger partial charge in [-0.1, -0.05) is 75.8 Å². The molecule has 2 aromatic rings. The lowest BCUT2D eigenvalue weighted by Crippen LogP contribution is -2.13. The summed E-state index contributed by atoms with van der Waals surface area (Å²) in [6, 6.07) is 12.2. The molecule has 4 heteroatoms. The van der Waals surface area contributed by atoms with Crippen LogP contribution in [0.25, 0.3) is 0 Å². The predicted octanol–water partition coefficient (Wildman–Crippen LogP) is 8.05. The number of rotatable bonds is 10. The molecule has 2 aromatic carbocycles. The Balaban J connectivity index is 1.42. The van der Waals surface area contributed by atoms with Crippen LogP contribution in [0.15, 0.2) is 52.7 Å². The first-order chi connectivity index (χ1) is 15.2. The van der Waals surface area contributed by atoms with E-state index >= 15 is 0 Å². The standard InChI is InChI=1S/C27H34F2N2/c1-2-3-4-5-6-7-21-8-13-24(14-9-21)25-15-10-22(11-16-25)19-30-31-20-23-12-17-26(28)27(29)18-23/h10-12,15-21,24H,2-9,13-14H2,1H3/b30-19+,31-20+. The molecule has 166 valence electrons. The molecular weight excluding hydrogens is 390 g/mol. The average molecular weight is 425 g/mol. The lowest BCUT2D eigenvalue weighted by atomic mass is 9.77. The van der Waals surface area contributed by atoms with E-state index in [-0.39, 0.29) is 0 Å². The molecule has 0 spiro atoms. The van der Waals surface area contributed by atoms with E-state index < -0.39 is 11.6 Å². The molecular formula is C27H34F2N2. The lowest BCUT2D eigenvalue weighted by Gasteiger charge is -2.29. The van der Waals surface area contributed by atoms with Gasteiger partial charge in [0.2, 0.25) is 0 Å². The van der Waals surface area contributed by atoms with Gasteiger partial charge in [-0.3, -0.25) is 0 Å². The second-order valence-corrected chi connectivity index (χ2v) is 8.75. The van der Waals surface area contributed by atoms with Crippen molar-refractivity contribution in [3.8, 4) is 0 Å². The van der Waals surface area contributed by atoms with Crippen molar-refractivity contribution in [3.63, 3.8) is 0 Å². The summed E-state index contributed by atoms with van der Waals surface area (Å²) in [5.74, 6) is -0.147. The molecule has 1 aliphatic rings. The molecule has 0 N–H and O–H groups in total. The summed E-state index contributed by atoms with van der Waals surface area (Å²) in [4.78, 5) is 0. The van der Waals surface area contributed by atoms with Crippen molar-refractivity contribution in [1.82, 2.24) is 0 Å². The fourth-order valence-electron chi connectivity index (χ4n) is 4.47. The van der Waals surface area contributed by atoms with Crippen molar-refractivity contribution in [2.24, 2.45) is 16.1 Å². The third kappa shape index (κ3) is 7.68. The van der Waals surface area contributed by atoms with Crippen molar-refractivity contribution < 1.29 is 8.78 Å². The Morgan fingerprint density at radius 3 is 2.10 bits per heavy atom. The topological polar surface area (TPSA) is 24.7 Å². The largest absolute Gasteiger partial charge is 0.204 e. The van der Waals surface area contributed by atoms with E-state index in [2.05, 4.69) is 41.4 Å². The Bertz CT molecular complexity index is 850. The summed E-state index contributed by atoms with van der Waals surface area (Å²) < 4.78 is 26.1. The molecule has 3 rings (SSSR count). The van der Waals surface area contributed by atoms with Crippen LogP contribution in [-0.2, 0) is 0 Å². The number of hydrogen-bond donors (Lipinski definition) is 0. The van der Waals surface area contributed by atoms with Crippen molar-refractivity contribution in [2.75, 3.05) is 0 Å². The van der Waals surface area contributed by atoms with E-state index in [9.17, 15) is 8.78 Å². The Morgan fingerprint density at radius 1 is 0.774 bits per heavy atom. The minimum atomic E-state index is -0.885. The molecule has 0 atom stereocenters. The van der Waals surface area contributed by atoms with Crippen LogP contribution in [0.1, 0.15) is 93.7 Å². The van der Waals surface area contributed by atoms with E-state index in [1.807, 2.05) is 0 Å². The zero-order chi connectivity index (χ0) is 21.9. The predicted molar refractivity (Wildman–Crippen MR) is 126 cm³/mol. The van der Waals surface area contributed by atoms with Gasteiger partial charge in [0, 0.05) is 0 Å². The first-order valence-corrected chi connectivity index (χ1v) is 11.8. The summed E-state index contributed by atoms with van der Waals surface area (Å²) in [6.07, 6.45) is 16.7. The van der Waals surface area contributed by atoms with Gasteiger partial charge in [0.25, 0.3) is 0 Å². The van der Waals surface area contributed by atoms with E-state index in [0.29, 0.717) is 11.5 Å². The number of unbranched alkanes of at least 4 members (excludes halogenated alkanes) is 4. The summed E-state index contributed by atoms with van der Waals surface area (Å²) in [5, 5.41) is 7.94. The number of benzene rings is 2. The molecule has 0 aliphatic heterocycles. The van der Waals surface area contributed by atoms with E-state index in [1.165, 1.54) is 82.1 Å². The highest BCUT2D eigenvalue weighted by atomic mass is 19.2. The summed E-state index contributed by atoms with van der Waals surface area (Å²) in [7, 11) is 0. The molecule has 1 fully saturated rings. The zero-order valence-corrected chi connectivity index (χ0v) is 18.6. The average Bonchev–Trinajstić information content (AvgIpc) is 2.80. The molecule has 0 unspecified atom stereocenters. The van der Waals surface area contributed by atoms with Gasteiger partial charge in [-0.15, -0.1) is 0 Å². The van der Waals surface area contributed by atoms with Crippen LogP contribution in [-0.4, -0.2) is 12.4 Å². The molecule has 0 amide bonds. The number of hydrogen-bond acceptors (Lipinski definition) is 2. The van der Waals surface area contributed by atoms with Gasteiger partial charge < -0.3 is 0 Å². The van der Waals surface area contributed by atoms with Crippen molar-refractivity contribution in [2.45, 2.75) is 77.0 Å². The van der Waals surface area contributed by atoms with Crippen LogP contribution >= 0.6 is 0 Å². The molecule has 31 heavy (non-hydrogen) atoms. The van der Waals surface area contributed by atoms with Crippen molar-refractivity contribution in [3.05, 3.63) is 70.8 Å². The summed E-state index contributed by atoms with van der Waals surface area (Å²) in [6.45, 7) is 2.27. The third-order valence-corrected chi connectivity index (χ3v) is 6.39. The van der Waals surface area contributed by atoms with Crippen LogP contribution in [0.3, 0.4) is 0 Å². The van der Waals surface area contributed by atoms with Gasteiger partial charge in [0.1, 0.15) is 0 Å². The van der Waals surface area contributed by atoms with Crippen LogP contribution in [0.5, 0.6) is 0 Å². The lowest BCUT2D eigenvalue weighted by molar-refractivity contribution is 0.302. The maximum Gasteiger partial charge on any atom is 0.159 e. The highest BCUT2D eigenvalue weighted by Crippen LogP contribution is 2.37. The monoisotopic (exact) mass is 424 g/mol. The number of nitrogens with zero attached hydrogens (tertiary/aromatic N) is 2. The Kier molecular flexibility index (Phi) is 9.39. The third-order valence-electron chi connectivity index (χ3n) is 6.39. The van der Waals surface area contributed by atoms with Crippen LogP contribution in [0.4, 0.5) is 8.78 Å². The normalized spacial score (nSPS) is 19.5. The SMILES string of the molecule is CCCCCCCC1CCC(c2ccc(/C=N/N=C/c3ccc(F)c(F)c3)cc2)CC1. The molecule has 0 bridgehead atoms. The highest BCUT2D eigenvalue weighted by Gasteiger charge is 2.21. The van der Waals surface area contributed by atoms with Gasteiger partial charge in [-0.05, 0) is 66.3 Å². The van der Waals surface area contributed by atoms with E-state index in [1.54, 1.807) is 6.21 Å².